The van der Waals surface area contributed by atoms with Crippen LogP contribution in [0.25, 0.3) is 0 Å². The lowest BCUT2D eigenvalue weighted by Crippen LogP contribution is -2.32. The molecule has 6 heteroatoms. The van der Waals surface area contributed by atoms with Crippen LogP contribution in [0, 0.1) is 34.5 Å². The maximum atomic E-state index is 11.9. The highest BCUT2D eigenvalue weighted by Gasteiger charge is 2.40. The Morgan fingerprint density at radius 3 is 2.35 bits per heavy atom. The van der Waals surface area contributed by atoms with Gasteiger partial charge in [-0.1, -0.05) is 28.1 Å². The average molecular weight is 331 g/mol. The Kier molecular flexibility index (Phi) is 4.16. The van der Waals surface area contributed by atoms with Crippen LogP contribution in [-0.2, 0) is 4.79 Å². The third kappa shape index (κ3) is 2.56. The number of carbonyl (C=O) groups is 1. The summed E-state index contributed by atoms with van der Waals surface area (Å²) in [6.07, 6.45) is 0. The highest BCUT2D eigenvalue weighted by Crippen LogP contribution is 2.35. The zero-order chi connectivity index (χ0) is 14.7. The number of hydrogen-bond acceptors (Lipinski definition) is 4. The molecule has 2 rings (SSSR count). The number of nitriles is 2. The molecule has 0 fully saturated rings. The molecule has 5 nitrogen and oxygen atoms in total. The van der Waals surface area contributed by atoms with Gasteiger partial charge in [-0.05, 0) is 24.6 Å². The van der Waals surface area contributed by atoms with Gasteiger partial charge in [-0.15, -0.1) is 0 Å². The molecular formula is C14H11BrN4O. The van der Waals surface area contributed by atoms with Crippen molar-refractivity contribution < 1.29 is 4.79 Å². The predicted octanol–water partition coefficient (Wildman–Crippen LogP) is 2.32. The van der Waals surface area contributed by atoms with Crippen molar-refractivity contribution in [2.75, 3.05) is 0 Å². The molecule has 1 aromatic carbocycles. The first-order valence-electron chi connectivity index (χ1n) is 5.97. The minimum atomic E-state index is -0.907. The summed E-state index contributed by atoms with van der Waals surface area (Å²) in [4.78, 5) is 11.9. The van der Waals surface area contributed by atoms with E-state index in [1.54, 1.807) is 6.92 Å². The lowest BCUT2D eigenvalue weighted by Gasteiger charge is -2.23. The summed E-state index contributed by atoms with van der Waals surface area (Å²) in [5.41, 5.74) is 3.78. The first kappa shape index (κ1) is 14.2. The second-order valence-electron chi connectivity index (χ2n) is 4.52. The van der Waals surface area contributed by atoms with Crippen LogP contribution in [0.5, 0.6) is 0 Å². The molecule has 2 atom stereocenters. The van der Waals surface area contributed by atoms with Gasteiger partial charge in [0.05, 0.1) is 18.1 Å². The van der Waals surface area contributed by atoms with Crippen molar-refractivity contribution in [2.24, 2.45) is 16.9 Å². The van der Waals surface area contributed by atoms with Gasteiger partial charge in [0.15, 0.2) is 0 Å². The monoisotopic (exact) mass is 330 g/mol. The van der Waals surface area contributed by atoms with Crippen molar-refractivity contribution in [3.63, 3.8) is 0 Å². The average Bonchev–Trinajstić information content (AvgIpc) is 2.77. The fraction of sp³-hybridized carbons (Fsp3) is 0.286. The number of hydrogen-bond donors (Lipinski definition) is 1. The molecular weight excluding hydrogens is 320 g/mol. The lowest BCUT2D eigenvalue weighted by atomic mass is 9.76. The highest BCUT2D eigenvalue weighted by molar-refractivity contribution is 9.10. The molecule has 1 heterocycles. The molecule has 1 aliphatic rings. The summed E-state index contributed by atoms with van der Waals surface area (Å²) in [6, 6.07) is 11.2. The van der Waals surface area contributed by atoms with Gasteiger partial charge in [0, 0.05) is 16.1 Å². The van der Waals surface area contributed by atoms with Gasteiger partial charge in [-0.2, -0.15) is 15.6 Å². The molecule has 0 unspecified atom stereocenters. The Labute approximate surface area is 125 Å². The Hall–Kier alpha value is -2.18. The molecule has 1 aliphatic heterocycles. The standard InChI is InChI=1S/C14H11BrN4O/c1-8-12(14(20)19-18-8)13(10(6-16)7-17)9-2-4-11(15)5-3-9/h2-5,10,12-13H,1H3,(H,19,20)/t12-,13+/m0/s1. The maximum absolute atomic E-state index is 11.9. The van der Waals surface area contributed by atoms with E-state index in [0.29, 0.717) is 5.71 Å². The number of rotatable bonds is 3. The largest absolute Gasteiger partial charge is 0.272 e. The Bertz CT molecular complexity index is 625. The quantitative estimate of drug-likeness (QED) is 0.922. The summed E-state index contributed by atoms with van der Waals surface area (Å²) in [7, 11) is 0. The van der Waals surface area contributed by atoms with Crippen LogP contribution in [0.15, 0.2) is 33.8 Å². The van der Waals surface area contributed by atoms with E-state index >= 15 is 0 Å². The van der Waals surface area contributed by atoms with Crippen molar-refractivity contribution in [3.05, 3.63) is 34.3 Å². The normalized spacial score (nSPS) is 18.9. The molecule has 0 aliphatic carbocycles. The number of nitrogens with zero attached hydrogens (tertiary/aromatic N) is 3. The first-order chi connectivity index (χ1) is 9.58. The summed E-state index contributed by atoms with van der Waals surface area (Å²) in [5, 5.41) is 22.3. The smallest absolute Gasteiger partial charge is 0.249 e. The van der Waals surface area contributed by atoms with Gasteiger partial charge in [-0.25, -0.2) is 5.43 Å². The molecule has 0 saturated heterocycles. The van der Waals surface area contributed by atoms with Crippen molar-refractivity contribution in [2.45, 2.75) is 12.8 Å². The fourth-order valence-corrected chi connectivity index (χ4v) is 2.61. The van der Waals surface area contributed by atoms with Gasteiger partial charge >= 0.3 is 0 Å². The SMILES string of the molecule is CC1=NNC(=O)[C@@H]1[C@H](c1ccc(Br)cc1)C(C#N)C#N. The second-order valence-corrected chi connectivity index (χ2v) is 5.44. The zero-order valence-corrected chi connectivity index (χ0v) is 12.3. The lowest BCUT2D eigenvalue weighted by molar-refractivity contribution is -0.122. The molecule has 0 bridgehead atoms. The fourth-order valence-electron chi connectivity index (χ4n) is 2.35. The summed E-state index contributed by atoms with van der Waals surface area (Å²) in [5.74, 6) is -2.29. The van der Waals surface area contributed by atoms with Crippen molar-refractivity contribution in [3.8, 4) is 12.1 Å². The number of benzene rings is 1. The van der Waals surface area contributed by atoms with E-state index < -0.39 is 17.8 Å². The number of carbonyl (C=O) groups excluding carboxylic acids is 1. The van der Waals surface area contributed by atoms with Gasteiger partial charge in [-0.3, -0.25) is 4.79 Å². The van der Waals surface area contributed by atoms with Crippen molar-refractivity contribution in [1.29, 1.82) is 10.5 Å². The first-order valence-corrected chi connectivity index (χ1v) is 6.76. The molecule has 0 spiro atoms. The van der Waals surface area contributed by atoms with E-state index in [0.717, 1.165) is 10.0 Å². The van der Waals surface area contributed by atoms with Crippen LogP contribution < -0.4 is 5.43 Å². The molecule has 0 saturated carbocycles. The summed E-state index contributed by atoms with van der Waals surface area (Å²) >= 11 is 3.34. The van der Waals surface area contributed by atoms with Crippen molar-refractivity contribution in [1.82, 2.24) is 5.43 Å². The third-order valence-electron chi connectivity index (χ3n) is 3.33. The van der Waals surface area contributed by atoms with Gasteiger partial charge < -0.3 is 0 Å². The van der Waals surface area contributed by atoms with Gasteiger partial charge in [0.2, 0.25) is 5.91 Å². The van der Waals surface area contributed by atoms with E-state index in [1.165, 1.54) is 0 Å². The van der Waals surface area contributed by atoms with Crippen LogP contribution in [-0.4, -0.2) is 11.6 Å². The second kappa shape index (κ2) is 5.85. The van der Waals surface area contributed by atoms with E-state index in [2.05, 4.69) is 26.5 Å². The summed E-state index contributed by atoms with van der Waals surface area (Å²) in [6.45, 7) is 1.72. The van der Waals surface area contributed by atoms with Crippen LogP contribution in [0.2, 0.25) is 0 Å². The number of hydrazone groups is 1. The summed E-state index contributed by atoms with van der Waals surface area (Å²) < 4.78 is 0.895. The number of nitrogens with one attached hydrogen (secondary N) is 1. The predicted molar refractivity (Wildman–Crippen MR) is 76.3 cm³/mol. The number of amides is 1. The Balaban J connectivity index is 2.48. The minimum absolute atomic E-state index is 0.272. The topological polar surface area (TPSA) is 89.0 Å². The minimum Gasteiger partial charge on any atom is -0.272 e. The van der Waals surface area contributed by atoms with E-state index in [-0.39, 0.29) is 5.91 Å². The molecule has 0 radical (unpaired) electrons. The molecule has 20 heavy (non-hydrogen) atoms. The van der Waals surface area contributed by atoms with E-state index in [1.807, 2.05) is 36.4 Å². The van der Waals surface area contributed by atoms with Gasteiger partial charge in [0.25, 0.3) is 0 Å². The van der Waals surface area contributed by atoms with Crippen LogP contribution >= 0.6 is 15.9 Å². The third-order valence-corrected chi connectivity index (χ3v) is 3.85. The number of halogens is 1. The molecule has 1 N–H and O–H groups in total. The highest BCUT2D eigenvalue weighted by atomic mass is 79.9. The molecule has 1 amide bonds. The molecule has 1 aromatic rings. The van der Waals surface area contributed by atoms with E-state index in [9.17, 15) is 15.3 Å². The Morgan fingerprint density at radius 2 is 1.90 bits per heavy atom. The van der Waals surface area contributed by atoms with E-state index in [4.69, 9.17) is 0 Å². The van der Waals surface area contributed by atoms with Gasteiger partial charge in [0.1, 0.15) is 5.92 Å². The molecule has 100 valence electrons. The zero-order valence-electron chi connectivity index (χ0n) is 10.7. The Morgan fingerprint density at radius 1 is 1.30 bits per heavy atom. The van der Waals surface area contributed by atoms with Crippen LogP contribution in [0.3, 0.4) is 0 Å². The van der Waals surface area contributed by atoms with Crippen LogP contribution in [0.4, 0.5) is 0 Å². The molecule has 0 aromatic heterocycles. The van der Waals surface area contributed by atoms with Crippen LogP contribution in [0.1, 0.15) is 18.4 Å². The van der Waals surface area contributed by atoms with Crippen molar-refractivity contribution >= 4 is 27.5 Å². The maximum Gasteiger partial charge on any atom is 0.249 e.